The molecule has 3 nitrogen and oxygen atoms in total. The first-order chi connectivity index (χ1) is 6.20. The second-order valence-corrected chi connectivity index (χ2v) is 4.20. The first kappa shape index (κ1) is 11.0. The molecule has 0 bridgehead atoms. The van der Waals surface area contributed by atoms with Crippen molar-refractivity contribution in [1.29, 1.82) is 0 Å². The lowest BCUT2D eigenvalue weighted by Crippen LogP contribution is -2.50. The molecule has 1 atom stereocenters. The molecule has 1 rings (SSSR count). The highest BCUT2D eigenvalue weighted by molar-refractivity contribution is 4.75. The highest BCUT2D eigenvalue weighted by atomic mass is 15.2. The van der Waals surface area contributed by atoms with Gasteiger partial charge in [0.25, 0.3) is 0 Å². The molecule has 0 aliphatic carbocycles. The summed E-state index contributed by atoms with van der Waals surface area (Å²) in [5.74, 6) is 0. The van der Waals surface area contributed by atoms with Crippen LogP contribution < -0.4 is 10.6 Å². The molecule has 0 aromatic rings. The normalized spacial score (nSPS) is 22.2. The summed E-state index contributed by atoms with van der Waals surface area (Å²) in [4.78, 5) is 2.55. The van der Waals surface area contributed by atoms with Gasteiger partial charge in [0.1, 0.15) is 0 Å². The van der Waals surface area contributed by atoms with Gasteiger partial charge in [-0.3, -0.25) is 4.90 Å². The number of hydrogen-bond acceptors (Lipinski definition) is 3. The minimum Gasteiger partial charge on any atom is -0.314 e. The zero-order valence-electron chi connectivity index (χ0n) is 9.14. The number of nitrogens with zero attached hydrogens (tertiary/aromatic N) is 1. The summed E-state index contributed by atoms with van der Waals surface area (Å²) >= 11 is 0. The van der Waals surface area contributed by atoms with E-state index in [9.17, 15) is 0 Å². The highest BCUT2D eigenvalue weighted by Crippen LogP contribution is 1.99. The quantitative estimate of drug-likeness (QED) is 0.659. The summed E-state index contributed by atoms with van der Waals surface area (Å²) in [5, 5.41) is 6.85. The molecular weight excluding hydrogens is 162 g/mol. The molecule has 1 saturated heterocycles. The minimum atomic E-state index is 0.602. The van der Waals surface area contributed by atoms with Crippen molar-refractivity contribution in [2.75, 3.05) is 32.7 Å². The van der Waals surface area contributed by atoms with Crippen molar-refractivity contribution in [3.63, 3.8) is 0 Å². The standard InChI is InChI=1S/C10H23N3/c1-9(2)12-8-10(3)13-6-4-11-5-7-13/h9-12H,4-8H2,1-3H3. The molecule has 0 spiro atoms. The van der Waals surface area contributed by atoms with E-state index in [4.69, 9.17) is 0 Å². The van der Waals surface area contributed by atoms with Crippen LogP contribution in [0.3, 0.4) is 0 Å². The van der Waals surface area contributed by atoms with E-state index >= 15 is 0 Å². The Balaban J connectivity index is 2.17. The van der Waals surface area contributed by atoms with Crippen molar-refractivity contribution in [1.82, 2.24) is 15.5 Å². The molecule has 0 saturated carbocycles. The SMILES string of the molecule is CC(C)NCC(C)N1CCNCC1. The maximum atomic E-state index is 3.48. The second-order valence-electron chi connectivity index (χ2n) is 4.20. The summed E-state index contributed by atoms with van der Waals surface area (Å²) in [6, 6.07) is 1.27. The van der Waals surface area contributed by atoms with Crippen LogP contribution in [0.1, 0.15) is 20.8 Å². The number of rotatable bonds is 4. The Bertz CT molecular complexity index is 130. The Kier molecular flexibility index (Phi) is 4.70. The van der Waals surface area contributed by atoms with Gasteiger partial charge in [0.2, 0.25) is 0 Å². The van der Waals surface area contributed by atoms with Crippen molar-refractivity contribution in [2.45, 2.75) is 32.9 Å². The van der Waals surface area contributed by atoms with Crippen LogP contribution in [-0.2, 0) is 0 Å². The van der Waals surface area contributed by atoms with Crippen molar-refractivity contribution in [3.05, 3.63) is 0 Å². The summed E-state index contributed by atoms with van der Waals surface area (Å²) in [6.45, 7) is 12.5. The molecule has 13 heavy (non-hydrogen) atoms. The summed E-state index contributed by atoms with van der Waals surface area (Å²) in [7, 11) is 0. The fraction of sp³-hybridized carbons (Fsp3) is 1.00. The van der Waals surface area contributed by atoms with Crippen LogP contribution in [0.2, 0.25) is 0 Å². The van der Waals surface area contributed by atoms with Gasteiger partial charge in [-0.15, -0.1) is 0 Å². The van der Waals surface area contributed by atoms with Crippen molar-refractivity contribution in [3.8, 4) is 0 Å². The Morgan fingerprint density at radius 2 is 1.85 bits per heavy atom. The van der Waals surface area contributed by atoms with Gasteiger partial charge >= 0.3 is 0 Å². The summed E-state index contributed by atoms with van der Waals surface area (Å²) in [6.07, 6.45) is 0. The molecule has 1 fully saturated rings. The molecule has 78 valence electrons. The molecule has 1 heterocycles. The molecule has 0 aromatic carbocycles. The Labute approximate surface area is 81.9 Å². The van der Waals surface area contributed by atoms with Gasteiger partial charge in [-0.1, -0.05) is 13.8 Å². The van der Waals surface area contributed by atoms with E-state index in [-0.39, 0.29) is 0 Å². The molecule has 0 aromatic heterocycles. The van der Waals surface area contributed by atoms with Crippen LogP contribution in [0.5, 0.6) is 0 Å². The first-order valence-electron chi connectivity index (χ1n) is 5.38. The van der Waals surface area contributed by atoms with E-state index in [2.05, 4.69) is 36.3 Å². The molecule has 2 N–H and O–H groups in total. The van der Waals surface area contributed by atoms with E-state index in [1.54, 1.807) is 0 Å². The smallest absolute Gasteiger partial charge is 0.0193 e. The Morgan fingerprint density at radius 3 is 2.38 bits per heavy atom. The molecule has 1 aliphatic heterocycles. The number of hydrogen-bond donors (Lipinski definition) is 2. The number of nitrogens with one attached hydrogen (secondary N) is 2. The third kappa shape index (κ3) is 4.07. The van der Waals surface area contributed by atoms with E-state index in [1.807, 2.05) is 0 Å². The third-order valence-corrected chi connectivity index (χ3v) is 2.60. The van der Waals surface area contributed by atoms with E-state index in [0.717, 1.165) is 19.6 Å². The first-order valence-corrected chi connectivity index (χ1v) is 5.38. The minimum absolute atomic E-state index is 0.602. The third-order valence-electron chi connectivity index (χ3n) is 2.60. The van der Waals surface area contributed by atoms with Gasteiger partial charge in [-0.25, -0.2) is 0 Å². The van der Waals surface area contributed by atoms with Gasteiger partial charge in [0.15, 0.2) is 0 Å². The lowest BCUT2D eigenvalue weighted by Gasteiger charge is -2.33. The molecule has 0 amide bonds. The fourth-order valence-corrected chi connectivity index (χ4v) is 1.66. The predicted octanol–water partition coefficient (Wildman–Crippen LogP) is 0.278. The predicted molar refractivity (Wildman–Crippen MR) is 57.0 cm³/mol. The van der Waals surface area contributed by atoms with Crippen LogP contribution in [0, 0.1) is 0 Å². The largest absolute Gasteiger partial charge is 0.314 e. The van der Waals surface area contributed by atoms with Crippen LogP contribution in [0.25, 0.3) is 0 Å². The molecule has 3 heteroatoms. The maximum absolute atomic E-state index is 3.48. The Morgan fingerprint density at radius 1 is 1.23 bits per heavy atom. The highest BCUT2D eigenvalue weighted by Gasteiger charge is 2.15. The molecule has 0 radical (unpaired) electrons. The van der Waals surface area contributed by atoms with Gasteiger partial charge in [0, 0.05) is 44.8 Å². The van der Waals surface area contributed by atoms with Crippen molar-refractivity contribution >= 4 is 0 Å². The fourth-order valence-electron chi connectivity index (χ4n) is 1.66. The monoisotopic (exact) mass is 185 g/mol. The van der Waals surface area contributed by atoms with Crippen molar-refractivity contribution in [2.24, 2.45) is 0 Å². The van der Waals surface area contributed by atoms with E-state index < -0.39 is 0 Å². The van der Waals surface area contributed by atoms with Crippen LogP contribution in [-0.4, -0.2) is 49.7 Å². The lowest BCUT2D eigenvalue weighted by molar-refractivity contribution is 0.179. The van der Waals surface area contributed by atoms with E-state index in [1.165, 1.54) is 13.1 Å². The Hall–Kier alpha value is -0.120. The zero-order chi connectivity index (χ0) is 9.68. The summed E-state index contributed by atoms with van der Waals surface area (Å²) in [5.41, 5.74) is 0. The second kappa shape index (κ2) is 5.58. The van der Waals surface area contributed by atoms with Crippen LogP contribution in [0.4, 0.5) is 0 Å². The zero-order valence-corrected chi connectivity index (χ0v) is 9.14. The molecule has 1 unspecified atom stereocenters. The van der Waals surface area contributed by atoms with Gasteiger partial charge < -0.3 is 10.6 Å². The average Bonchev–Trinajstić information content (AvgIpc) is 2.15. The van der Waals surface area contributed by atoms with Crippen molar-refractivity contribution < 1.29 is 0 Å². The average molecular weight is 185 g/mol. The number of piperazine rings is 1. The topological polar surface area (TPSA) is 27.3 Å². The molecular formula is C10H23N3. The van der Waals surface area contributed by atoms with Crippen LogP contribution in [0.15, 0.2) is 0 Å². The lowest BCUT2D eigenvalue weighted by atomic mass is 10.2. The summed E-state index contributed by atoms with van der Waals surface area (Å²) < 4.78 is 0. The van der Waals surface area contributed by atoms with Gasteiger partial charge in [-0.05, 0) is 6.92 Å². The molecule has 1 aliphatic rings. The van der Waals surface area contributed by atoms with E-state index in [0.29, 0.717) is 12.1 Å². The van der Waals surface area contributed by atoms with Gasteiger partial charge in [0.05, 0.1) is 0 Å². The van der Waals surface area contributed by atoms with Crippen LogP contribution >= 0.6 is 0 Å². The van der Waals surface area contributed by atoms with Gasteiger partial charge in [-0.2, -0.15) is 0 Å². The maximum Gasteiger partial charge on any atom is 0.0193 e.